The van der Waals surface area contributed by atoms with Gasteiger partial charge < -0.3 is 15.7 Å². The van der Waals surface area contributed by atoms with Crippen LogP contribution >= 0.6 is 11.6 Å². The largest absolute Gasteiger partial charge is 0.506 e. The van der Waals surface area contributed by atoms with Crippen molar-refractivity contribution >= 4 is 29.0 Å². The van der Waals surface area contributed by atoms with Crippen LogP contribution in [0.3, 0.4) is 0 Å². The first-order chi connectivity index (χ1) is 9.58. The number of anilines is 2. The molecule has 0 aliphatic heterocycles. The number of phenols is 1. The number of amides is 2. The van der Waals surface area contributed by atoms with Crippen LogP contribution in [-0.2, 0) is 0 Å². The first kappa shape index (κ1) is 13.7. The lowest BCUT2D eigenvalue weighted by Gasteiger charge is -2.08. The van der Waals surface area contributed by atoms with Crippen LogP contribution in [0.15, 0.2) is 42.5 Å². The number of benzene rings is 2. The number of nitriles is 1. The van der Waals surface area contributed by atoms with E-state index in [9.17, 15) is 9.90 Å². The fourth-order valence-corrected chi connectivity index (χ4v) is 1.69. The summed E-state index contributed by atoms with van der Waals surface area (Å²) in [6, 6.07) is 12.4. The molecule has 0 aliphatic rings. The molecule has 0 fully saturated rings. The Labute approximate surface area is 120 Å². The number of nitrogens with one attached hydrogen (secondary N) is 2. The van der Waals surface area contributed by atoms with Gasteiger partial charge in [-0.05, 0) is 42.5 Å². The normalized spacial score (nSPS) is 9.60. The molecule has 0 saturated heterocycles. The Morgan fingerprint density at radius 1 is 1.10 bits per heavy atom. The number of phenolic OH excluding ortho intramolecular Hbond substituents is 1. The molecule has 0 radical (unpaired) electrons. The maximum atomic E-state index is 11.7. The van der Waals surface area contributed by atoms with Gasteiger partial charge in [0, 0.05) is 11.4 Å². The van der Waals surface area contributed by atoms with Crippen LogP contribution in [0.1, 0.15) is 5.56 Å². The van der Waals surface area contributed by atoms with Crippen LogP contribution in [0.2, 0.25) is 5.02 Å². The first-order valence-electron chi connectivity index (χ1n) is 5.65. The average Bonchev–Trinajstić information content (AvgIpc) is 2.44. The lowest BCUT2D eigenvalue weighted by molar-refractivity contribution is 0.262. The minimum Gasteiger partial charge on any atom is -0.506 e. The van der Waals surface area contributed by atoms with Crippen LogP contribution in [0.4, 0.5) is 16.2 Å². The highest BCUT2D eigenvalue weighted by atomic mass is 35.5. The van der Waals surface area contributed by atoms with E-state index in [1.807, 2.05) is 6.07 Å². The molecule has 2 aromatic rings. The van der Waals surface area contributed by atoms with E-state index in [1.165, 1.54) is 18.2 Å². The van der Waals surface area contributed by atoms with Gasteiger partial charge in [0.1, 0.15) is 5.75 Å². The number of nitrogens with zero attached hydrogens (tertiary/aromatic N) is 1. The van der Waals surface area contributed by atoms with E-state index in [4.69, 9.17) is 16.9 Å². The fourth-order valence-electron chi connectivity index (χ4n) is 1.51. The number of carbonyl (C=O) groups excluding carboxylic acids is 1. The quantitative estimate of drug-likeness (QED) is 0.738. The number of halogens is 1. The monoisotopic (exact) mass is 287 g/mol. The summed E-state index contributed by atoms with van der Waals surface area (Å²) < 4.78 is 0. The number of rotatable bonds is 2. The highest BCUT2D eigenvalue weighted by Gasteiger charge is 2.05. The topological polar surface area (TPSA) is 85.2 Å². The van der Waals surface area contributed by atoms with Crippen LogP contribution in [0.5, 0.6) is 5.75 Å². The Morgan fingerprint density at radius 2 is 1.70 bits per heavy atom. The Bertz CT molecular complexity index is 678. The predicted molar refractivity (Wildman–Crippen MR) is 76.9 cm³/mol. The van der Waals surface area contributed by atoms with Gasteiger partial charge in [0.2, 0.25) is 0 Å². The van der Waals surface area contributed by atoms with Crippen molar-refractivity contribution in [1.82, 2.24) is 0 Å². The number of hydrogen-bond acceptors (Lipinski definition) is 3. The van der Waals surface area contributed by atoms with Crippen LogP contribution < -0.4 is 10.6 Å². The number of carbonyl (C=O) groups is 1. The van der Waals surface area contributed by atoms with Gasteiger partial charge in [-0.3, -0.25) is 0 Å². The van der Waals surface area contributed by atoms with E-state index in [0.717, 1.165) is 0 Å². The zero-order valence-electron chi connectivity index (χ0n) is 10.2. The highest BCUT2D eigenvalue weighted by Crippen LogP contribution is 2.26. The molecule has 0 atom stereocenters. The van der Waals surface area contributed by atoms with E-state index < -0.39 is 6.03 Å². The van der Waals surface area contributed by atoms with Crippen LogP contribution in [0, 0.1) is 11.3 Å². The molecular weight excluding hydrogens is 278 g/mol. The third-order valence-corrected chi connectivity index (χ3v) is 2.78. The zero-order chi connectivity index (χ0) is 14.5. The number of urea groups is 1. The van der Waals surface area contributed by atoms with Crippen molar-refractivity contribution in [2.24, 2.45) is 0 Å². The van der Waals surface area contributed by atoms with Gasteiger partial charge in [-0.25, -0.2) is 4.79 Å². The molecule has 0 aliphatic carbocycles. The molecule has 2 aromatic carbocycles. The van der Waals surface area contributed by atoms with E-state index in [-0.39, 0.29) is 10.8 Å². The number of aromatic hydroxyl groups is 1. The molecule has 5 nitrogen and oxygen atoms in total. The lowest BCUT2D eigenvalue weighted by atomic mass is 10.2. The fraction of sp³-hybridized carbons (Fsp3) is 0. The summed E-state index contributed by atoms with van der Waals surface area (Å²) in [5, 5.41) is 23.3. The molecule has 2 rings (SSSR count). The number of hydrogen-bond donors (Lipinski definition) is 3. The Morgan fingerprint density at radius 3 is 2.30 bits per heavy atom. The van der Waals surface area contributed by atoms with Crippen molar-refractivity contribution in [3.63, 3.8) is 0 Å². The van der Waals surface area contributed by atoms with Gasteiger partial charge >= 0.3 is 6.03 Å². The molecule has 3 N–H and O–H groups in total. The van der Waals surface area contributed by atoms with Crippen LogP contribution in [0.25, 0.3) is 0 Å². The lowest BCUT2D eigenvalue weighted by Crippen LogP contribution is -2.19. The summed E-state index contributed by atoms with van der Waals surface area (Å²) in [5.41, 5.74) is 1.53. The predicted octanol–water partition coefficient (Wildman–Crippen LogP) is 3.56. The van der Waals surface area contributed by atoms with E-state index in [0.29, 0.717) is 16.9 Å². The van der Waals surface area contributed by atoms with E-state index >= 15 is 0 Å². The Balaban J connectivity index is 2.01. The summed E-state index contributed by atoms with van der Waals surface area (Å²) >= 11 is 5.74. The summed E-state index contributed by atoms with van der Waals surface area (Å²) in [5.74, 6) is -0.0512. The smallest absolute Gasteiger partial charge is 0.323 e. The molecule has 0 spiro atoms. The van der Waals surface area contributed by atoms with Gasteiger partial charge in [-0.1, -0.05) is 11.6 Å². The third kappa shape index (κ3) is 3.40. The van der Waals surface area contributed by atoms with Crippen molar-refractivity contribution in [1.29, 1.82) is 5.26 Å². The van der Waals surface area contributed by atoms with Crippen molar-refractivity contribution in [2.75, 3.05) is 10.6 Å². The van der Waals surface area contributed by atoms with E-state index in [2.05, 4.69) is 10.6 Å². The van der Waals surface area contributed by atoms with E-state index in [1.54, 1.807) is 24.3 Å². The summed E-state index contributed by atoms with van der Waals surface area (Å²) in [4.78, 5) is 11.7. The second-order valence-electron chi connectivity index (χ2n) is 3.93. The second kappa shape index (κ2) is 5.95. The SMILES string of the molecule is N#Cc1ccc(NC(=O)Nc2ccc(O)c(Cl)c2)cc1. The highest BCUT2D eigenvalue weighted by molar-refractivity contribution is 6.32. The minimum atomic E-state index is -0.448. The maximum Gasteiger partial charge on any atom is 0.323 e. The molecule has 20 heavy (non-hydrogen) atoms. The van der Waals surface area contributed by atoms with Gasteiger partial charge in [-0.2, -0.15) is 5.26 Å². The molecule has 0 aromatic heterocycles. The molecular formula is C14H10ClN3O2. The molecule has 100 valence electrons. The third-order valence-electron chi connectivity index (χ3n) is 2.48. The molecule has 0 saturated carbocycles. The first-order valence-corrected chi connectivity index (χ1v) is 6.03. The standard InChI is InChI=1S/C14H10ClN3O2/c15-12-7-11(5-6-13(12)19)18-14(20)17-10-3-1-9(8-16)2-4-10/h1-7,19H,(H2,17,18,20). The molecule has 0 heterocycles. The summed E-state index contributed by atoms with van der Waals surface area (Å²) in [7, 11) is 0. The van der Waals surface area contributed by atoms with Gasteiger partial charge in [0.15, 0.2) is 0 Å². The van der Waals surface area contributed by atoms with Crippen molar-refractivity contribution in [3.05, 3.63) is 53.1 Å². The Hall–Kier alpha value is -2.71. The summed E-state index contributed by atoms with van der Waals surface area (Å²) in [6.07, 6.45) is 0. The zero-order valence-corrected chi connectivity index (χ0v) is 11.0. The van der Waals surface area contributed by atoms with Crippen molar-refractivity contribution in [3.8, 4) is 11.8 Å². The Kier molecular flexibility index (Phi) is 4.08. The average molecular weight is 288 g/mol. The summed E-state index contributed by atoms with van der Waals surface area (Å²) in [6.45, 7) is 0. The second-order valence-corrected chi connectivity index (χ2v) is 4.34. The van der Waals surface area contributed by atoms with Crippen molar-refractivity contribution < 1.29 is 9.90 Å². The molecule has 2 amide bonds. The maximum absolute atomic E-state index is 11.7. The minimum absolute atomic E-state index is 0.0512. The van der Waals surface area contributed by atoms with Gasteiger partial charge in [0.25, 0.3) is 0 Å². The van der Waals surface area contributed by atoms with Gasteiger partial charge in [-0.15, -0.1) is 0 Å². The molecule has 0 bridgehead atoms. The molecule has 6 heteroatoms. The van der Waals surface area contributed by atoms with Crippen molar-refractivity contribution in [2.45, 2.75) is 0 Å². The van der Waals surface area contributed by atoms with Gasteiger partial charge in [0.05, 0.1) is 16.7 Å². The van der Waals surface area contributed by atoms with Crippen LogP contribution in [-0.4, -0.2) is 11.1 Å². The molecule has 0 unspecified atom stereocenters.